The van der Waals surface area contributed by atoms with Gasteiger partial charge in [0.05, 0.1) is 11.2 Å². The lowest BCUT2D eigenvalue weighted by Crippen LogP contribution is -2.44. The zero-order chi connectivity index (χ0) is 16.8. The molecule has 0 unspecified atom stereocenters. The van der Waals surface area contributed by atoms with Crippen LogP contribution in [0.2, 0.25) is 0 Å². The van der Waals surface area contributed by atoms with E-state index in [-0.39, 0.29) is 11.9 Å². The lowest BCUT2D eigenvalue weighted by Gasteiger charge is -2.23. The Morgan fingerprint density at radius 3 is 2.74 bits per heavy atom. The lowest BCUT2D eigenvalue weighted by molar-refractivity contribution is 0.0956. The number of urea groups is 1. The van der Waals surface area contributed by atoms with Crippen molar-refractivity contribution in [1.29, 1.82) is 0 Å². The van der Waals surface area contributed by atoms with Crippen LogP contribution in [-0.4, -0.2) is 48.0 Å². The third-order valence-electron chi connectivity index (χ3n) is 4.15. The molecule has 6 nitrogen and oxygen atoms in total. The van der Waals surface area contributed by atoms with E-state index in [4.69, 9.17) is 0 Å². The van der Waals surface area contributed by atoms with Crippen molar-refractivity contribution in [1.82, 2.24) is 20.5 Å². The molecule has 1 aliphatic rings. The highest BCUT2D eigenvalue weighted by Gasteiger charge is 2.22. The van der Waals surface area contributed by atoms with Gasteiger partial charge < -0.3 is 15.5 Å². The van der Waals surface area contributed by atoms with Crippen molar-refractivity contribution >= 4 is 23.3 Å². The van der Waals surface area contributed by atoms with Gasteiger partial charge in [-0.3, -0.25) is 4.79 Å². The summed E-state index contributed by atoms with van der Waals surface area (Å²) in [5, 5.41) is 5.70. The van der Waals surface area contributed by atoms with E-state index < -0.39 is 0 Å². The predicted molar refractivity (Wildman–Crippen MR) is 91.7 cm³/mol. The Morgan fingerprint density at radius 2 is 2.04 bits per heavy atom. The first kappa shape index (κ1) is 17.7. The molecule has 0 saturated carbocycles. The second-order valence-electron chi connectivity index (χ2n) is 6.44. The van der Waals surface area contributed by atoms with Gasteiger partial charge in [0.1, 0.15) is 4.88 Å². The lowest BCUT2D eigenvalue weighted by atomic mass is 9.97. The molecule has 1 aromatic rings. The van der Waals surface area contributed by atoms with Gasteiger partial charge in [0.25, 0.3) is 5.91 Å². The van der Waals surface area contributed by atoms with Gasteiger partial charge in [-0.25, -0.2) is 9.78 Å². The number of amides is 3. The van der Waals surface area contributed by atoms with Crippen LogP contribution in [0, 0.1) is 18.8 Å². The van der Waals surface area contributed by atoms with E-state index in [1.54, 1.807) is 5.51 Å². The summed E-state index contributed by atoms with van der Waals surface area (Å²) in [4.78, 5) is 30.7. The van der Waals surface area contributed by atoms with E-state index in [0.29, 0.717) is 29.8 Å². The standard InChI is InChI=1S/C16H26N4O2S/c1-11-4-7-20(9-12(2)8-11)16(22)18-6-5-17-15(21)14-13(3)19-10-23-14/h10-12H,4-9H2,1-3H3,(H,17,21)(H,18,22)/t11-,12+/m1/s1. The minimum Gasteiger partial charge on any atom is -0.350 e. The Morgan fingerprint density at radius 1 is 1.30 bits per heavy atom. The van der Waals surface area contributed by atoms with Gasteiger partial charge in [-0.2, -0.15) is 0 Å². The predicted octanol–water partition coefficient (Wildman–Crippen LogP) is 2.26. The van der Waals surface area contributed by atoms with Gasteiger partial charge in [0.15, 0.2) is 0 Å². The Balaban J connectivity index is 1.70. The molecule has 1 saturated heterocycles. The maximum Gasteiger partial charge on any atom is 0.317 e. The Labute approximate surface area is 141 Å². The zero-order valence-electron chi connectivity index (χ0n) is 14.1. The van der Waals surface area contributed by atoms with E-state index in [1.807, 2.05) is 11.8 Å². The van der Waals surface area contributed by atoms with E-state index in [0.717, 1.165) is 25.2 Å². The fraction of sp³-hybridized carbons (Fsp3) is 0.688. The summed E-state index contributed by atoms with van der Waals surface area (Å²) in [5.41, 5.74) is 2.40. The number of nitrogens with one attached hydrogen (secondary N) is 2. The molecule has 1 aliphatic heterocycles. The van der Waals surface area contributed by atoms with E-state index in [9.17, 15) is 9.59 Å². The van der Waals surface area contributed by atoms with Crippen molar-refractivity contribution in [3.63, 3.8) is 0 Å². The summed E-state index contributed by atoms with van der Waals surface area (Å²) >= 11 is 1.33. The summed E-state index contributed by atoms with van der Waals surface area (Å²) in [5.74, 6) is 1.08. The zero-order valence-corrected chi connectivity index (χ0v) is 14.9. The first-order chi connectivity index (χ1) is 11.0. The first-order valence-corrected chi connectivity index (χ1v) is 9.06. The maximum atomic E-state index is 12.2. The normalized spacial score (nSPS) is 21.6. The molecule has 2 atom stereocenters. The van der Waals surface area contributed by atoms with Gasteiger partial charge in [0.2, 0.25) is 0 Å². The second kappa shape index (κ2) is 8.29. The number of hydrogen-bond donors (Lipinski definition) is 2. The number of carbonyl (C=O) groups is 2. The molecule has 0 aliphatic carbocycles. The third kappa shape index (κ3) is 5.20. The van der Waals surface area contributed by atoms with Crippen LogP contribution in [-0.2, 0) is 0 Å². The Hall–Kier alpha value is -1.63. The minimum absolute atomic E-state index is 0.0332. The number of rotatable bonds is 4. The van der Waals surface area contributed by atoms with Gasteiger partial charge in [-0.1, -0.05) is 13.8 Å². The highest BCUT2D eigenvalue weighted by atomic mass is 32.1. The van der Waals surface area contributed by atoms with E-state index >= 15 is 0 Å². The quantitative estimate of drug-likeness (QED) is 0.827. The van der Waals surface area contributed by atoms with Crippen LogP contribution in [0.3, 0.4) is 0 Å². The van der Waals surface area contributed by atoms with Crippen molar-refractivity contribution in [2.24, 2.45) is 11.8 Å². The molecular weight excluding hydrogens is 312 g/mol. The molecule has 23 heavy (non-hydrogen) atoms. The summed E-state index contributed by atoms with van der Waals surface area (Å²) in [6.45, 7) is 8.72. The fourth-order valence-electron chi connectivity index (χ4n) is 2.96. The Bertz CT molecular complexity index is 546. The van der Waals surface area contributed by atoms with Gasteiger partial charge in [-0.15, -0.1) is 11.3 Å². The highest BCUT2D eigenvalue weighted by molar-refractivity contribution is 7.11. The van der Waals surface area contributed by atoms with Crippen LogP contribution >= 0.6 is 11.3 Å². The molecule has 2 N–H and O–H groups in total. The van der Waals surface area contributed by atoms with E-state index in [2.05, 4.69) is 29.5 Å². The monoisotopic (exact) mass is 338 g/mol. The van der Waals surface area contributed by atoms with Crippen LogP contribution in [0.1, 0.15) is 42.1 Å². The molecule has 3 amide bonds. The van der Waals surface area contributed by atoms with Crippen LogP contribution in [0.15, 0.2) is 5.51 Å². The summed E-state index contributed by atoms with van der Waals surface area (Å²) in [6.07, 6.45) is 2.23. The van der Waals surface area contributed by atoms with Crippen molar-refractivity contribution < 1.29 is 9.59 Å². The van der Waals surface area contributed by atoms with Crippen molar-refractivity contribution in [2.75, 3.05) is 26.2 Å². The number of aromatic nitrogens is 1. The largest absolute Gasteiger partial charge is 0.350 e. The number of thiazole rings is 1. The van der Waals surface area contributed by atoms with Crippen LogP contribution in [0.4, 0.5) is 4.79 Å². The molecule has 128 valence electrons. The van der Waals surface area contributed by atoms with Gasteiger partial charge in [0, 0.05) is 26.2 Å². The average molecular weight is 338 g/mol. The molecule has 2 rings (SSSR count). The highest BCUT2D eigenvalue weighted by Crippen LogP contribution is 2.21. The molecule has 0 spiro atoms. The summed E-state index contributed by atoms with van der Waals surface area (Å²) in [7, 11) is 0. The molecule has 0 bridgehead atoms. The van der Waals surface area contributed by atoms with Crippen LogP contribution in [0.5, 0.6) is 0 Å². The molecular formula is C16H26N4O2S. The number of carbonyl (C=O) groups excluding carboxylic acids is 2. The third-order valence-corrected chi connectivity index (χ3v) is 5.08. The minimum atomic E-state index is -0.128. The Kier molecular flexibility index (Phi) is 6.38. The van der Waals surface area contributed by atoms with Gasteiger partial charge >= 0.3 is 6.03 Å². The van der Waals surface area contributed by atoms with Crippen molar-refractivity contribution in [3.05, 3.63) is 16.1 Å². The number of nitrogens with zero attached hydrogens (tertiary/aromatic N) is 2. The van der Waals surface area contributed by atoms with E-state index in [1.165, 1.54) is 17.8 Å². The molecule has 0 aromatic carbocycles. The molecule has 2 heterocycles. The molecule has 1 aromatic heterocycles. The van der Waals surface area contributed by atoms with Crippen LogP contribution < -0.4 is 10.6 Å². The smallest absolute Gasteiger partial charge is 0.317 e. The summed E-state index contributed by atoms with van der Waals surface area (Å²) < 4.78 is 0. The van der Waals surface area contributed by atoms with Gasteiger partial charge in [-0.05, 0) is 31.6 Å². The number of likely N-dealkylation sites (tertiary alicyclic amines) is 1. The first-order valence-electron chi connectivity index (χ1n) is 8.18. The number of aryl methyl sites for hydroxylation is 1. The molecule has 1 fully saturated rings. The van der Waals surface area contributed by atoms with Crippen molar-refractivity contribution in [3.8, 4) is 0 Å². The molecule has 7 heteroatoms. The topological polar surface area (TPSA) is 74.3 Å². The summed E-state index contributed by atoms with van der Waals surface area (Å²) in [6, 6.07) is -0.0332. The second-order valence-corrected chi connectivity index (χ2v) is 7.29. The van der Waals surface area contributed by atoms with Crippen molar-refractivity contribution in [2.45, 2.75) is 33.6 Å². The maximum absolute atomic E-state index is 12.2. The fourth-order valence-corrected chi connectivity index (χ4v) is 3.68. The number of hydrogen-bond acceptors (Lipinski definition) is 4. The molecule has 0 radical (unpaired) electrons. The average Bonchev–Trinajstić information content (AvgIpc) is 2.85. The SMILES string of the molecule is Cc1ncsc1C(=O)NCCNC(=O)N1CC[C@@H](C)C[C@H](C)C1. The van der Waals surface area contributed by atoms with Crippen LogP contribution in [0.25, 0.3) is 0 Å².